The first-order valence-corrected chi connectivity index (χ1v) is 6.38. The van der Waals surface area contributed by atoms with Gasteiger partial charge in [0.1, 0.15) is 5.52 Å². The number of imidazole rings is 1. The Labute approximate surface area is 115 Å². The predicted octanol–water partition coefficient (Wildman–Crippen LogP) is 2.59. The summed E-state index contributed by atoms with van der Waals surface area (Å²) < 4.78 is 2.00. The van der Waals surface area contributed by atoms with E-state index in [1.165, 1.54) is 5.56 Å². The van der Waals surface area contributed by atoms with Gasteiger partial charge in [0.2, 0.25) is 0 Å². The highest BCUT2D eigenvalue weighted by molar-refractivity contribution is 6.31. The topological polar surface area (TPSA) is 56.7 Å². The molecule has 19 heavy (non-hydrogen) atoms. The molecule has 0 bridgehead atoms. The zero-order valence-corrected chi connectivity index (χ0v) is 11.0. The average Bonchev–Trinajstić information content (AvgIpc) is 2.82. The molecular formula is C14H13ClN4. The molecule has 2 N–H and O–H groups in total. The average molecular weight is 273 g/mol. The Morgan fingerprint density at radius 2 is 1.84 bits per heavy atom. The number of fused-ring (bicyclic) bond motifs is 1. The van der Waals surface area contributed by atoms with E-state index in [1.54, 1.807) is 12.5 Å². The molecule has 0 fully saturated rings. The number of aromatic nitrogens is 3. The summed E-state index contributed by atoms with van der Waals surface area (Å²) >= 11 is 5.90. The third-order valence-electron chi connectivity index (χ3n) is 3.03. The molecule has 2 aromatic heterocycles. The quantitative estimate of drug-likeness (QED) is 0.797. The molecule has 0 aliphatic heterocycles. The molecule has 0 aliphatic rings. The molecule has 96 valence electrons. The van der Waals surface area contributed by atoms with Gasteiger partial charge in [0.25, 0.3) is 0 Å². The minimum atomic E-state index is 0.564. The summed E-state index contributed by atoms with van der Waals surface area (Å²) in [6.07, 6.45) is 3.42. The van der Waals surface area contributed by atoms with Crippen molar-refractivity contribution in [2.75, 3.05) is 0 Å². The Kier molecular flexibility index (Phi) is 3.19. The van der Waals surface area contributed by atoms with E-state index in [1.807, 2.05) is 22.8 Å². The summed E-state index contributed by atoms with van der Waals surface area (Å²) in [7, 11) is 0. The number of pyridine rings is 1. The highest BCUT2D eigenvalue weighted by Crippen LogP contribution is 2.16. The number of rotatable bonds is 3. The van der Waals surface area contributed by atoms with E-state index in [-0.39, 0.29) is 0 Å². The van der Waals surface area contributed by atoms with Gasteiger partial charge in [-0.3, -0.25) is 0 Å². The van der Waals surface area contributed by atoms with Crippen molar-refractivity contribution in [3.05, 3.63) is 59.0 Å². The maximum atomic E-state index is 5.90. The zero-order valence-electron chi connectivity index (χ0n) is 10.3. The molecule has 0 amide bonds. The van der Waals surface area contributed by atoms with Crippen LogP contribution in [0, 0.1) is 0 Å². The van der Waals surface area contributed by atoms with Crippen molar-refractivity contribution in [1.82, 2.24) is 14.5 Å². The van der Waals surface area contributed by atoms with Crippen molar-refractivity contribution >= 4 is 22.8 Å². The first-order valence-electron chi connectivity index (χ1n) is 6.00. The second-order valence-corrected chi connectivity index (χ2v) is 4.83. The van der Waals surface area contributed by atoms with E-state index >= 15 is 0 Å². The zero-order chi connectivity index (χ0) is 13.2. The van der Waals surface area contributed by atoms with Gasteiger partial charge in [0.15, 0.2) is 5.65 Å². The summed E-state index contributed by atoms with van der Waals surface area (Å²) in [5.74, 6) is 0. The van der Waals surface area contributed by atoms with Crippen LogP contribution < -0.4 is 5.73 Å². The van der Waals surface area contributed by atoms with Crippen LogP contribution in [0.3, 0.4) is 0 Å². The smallest absolute Gasteiger partial charge is 0.160 e. The molecule has 0 spiro atoms. The Bertz CT molecular complexity index is 703. The summed E-state index contributed by atoms with van der Waals surface area (Å²) in [6.45, 7) is 1.30. The summed E-state index contributed by atoms with van der Waals surface area (Å²) in [5.41, 5.74) is 9.56. The standard InChI is InChI=1S/C14H13ClN4/c15-12-5-13-14(17-7-12)19(9-18-13)8-11-3-1-10(6-16)2-4-11/h1-5,7,9H,6,8,16H2. The van der Waals surface area contributed by atoms with Gasteiger partial charge in [-0.05, 0) is 17.2 Å². The first-order chi connectivity index (χ1) is 9.26. The van der Waals surface area contributed by atoms with Crippen molar-refractivity contribution in [3.63, 3.8) is 0 Å². The van der Waals surface area contributed by atoms with Crippen molar-refractivity contribution in [2.45, 2.75) is 13.1 Å². The molecule has 0 atom stereocenters. The maximum Gasteiger partial charge on any atom is 0.160 e. The summed E-state index contributed by atoms with van der Waals surface area (Å²) in [5, 5.41) is 0.602. The number of benzene rings is 1. The van der Waals surface area contributed by atoms with Gasteiger partial charge >= 0.3 is 0 Å². The van der Waals surface area contributed by atoms with Crippen LogP contribution in [0.25, 0.3) is 11.2 Å². The fourth-order valence-corrected chi connectivity index (χ4v) is 2.17. The maximum absolute atomic E-state index is 5.90. The van der Waals surface area contributed by atoms with Crippen LogP contribution >= 0.6 is 11.6 Å². The predicted molar refractivity (Wildman–Crippen MR) is 76.0 cm³/mol. The normalized spacial score (nSPS) is 11.1. The molecule has 4 nitrogen and oxygen atoms in total. The van der Waals surface area contributed by atoms with Crippen molar-refractivity contribution in [3.8, 4) is 0 Å². The molecule has 0 saturated carbocycles. The second kappa shape index (κ2) is 4.99. The van der Waals surface area contributed by atoms with Crippen molar-refractivity contribution in [2.24, 2.45) is 5.73 Å². The van der Waals surface area contributed by atoms with Gasteiger partial charge in [0, 0.05) is 12.7 Å². The molecular weight excluding hydrogens is 260 g/mol. The fourth-order valence-electron chi connectivity index (χ4n) is 2.02. The minimum Gasteiger partial charge on any atom is -0.326 e. The molecule has 3 aromatic rings. The number of halogens is 1. The van der Waals surface area contributed by atoms with Gasteiger partial charge in [-0.2, -0.15) is 0 Å². The van der Waals surface area contributed by atoms with Crippen LogP contribution in [0.4, 0.5) is 0 Å². The Morgan fingerprint density at radius 1 is 1.11 bits per heavy atom. The van der Waals surface area contributed by atoms with Gasteiger partial charge in [-0.15, -0.1) is 0 Å². The van der Waals surface area contributed by atoms with E-state index in [0.717, 1.165) is 23.3 Å². The van der Waals surface area contributed by atoms with Crippen LogP contribution in [0.15, 0.2) is 42.9 Å². The number of nitrogens with zero attached hydrogens (tertiary/aromatic N) is 3. The molecule has 0 unspecified atom stereocenters. The van der Waals surface area contributed by atoms with E-state index in [9.17, 15) is 0 Å². The summed E-state index contributed by atoms with van der Waals surface area (Å²) in [6, 6.07) is 10.0. The van der Waals surface area contributed by atoms with E-state index in [2.05, 4.69) is 22.1 Å². The highest BCUT2D eigenvalue weighted by Gasteiger charge is 2.05. The largest absolute Gasteiger partial charge is 0.326 e. The fraction of sp³-hybridized carbons (Fsp3) is 0.143. The third kappa shape index (κ3) is 2.45. The van der Waals surface area contributed by atoms with Crippen LogP contribution in [0.5, 0.6) is 0 Å². The van der Waals surface area contributed by atoms with Gasteiger partial charge in [0.05, 0.1) is 17.9 Å². The molecule has 0 saturated heterocycles. The number of nitrogens with two attached hydrogens (primary N) is 1. The molecule has 2 heterocycles. The Morgan fingerprint density at radius 3 is 2.58 bits per heavy atom. The summed E-state index contributed by atoms with van der Waals surface area (Å²) in [4.78, 5) is 8.62. The number of hydrogen-bond acceptors (Lipinski definition) is 3. The second-order valence-electron chi connectivity index (χ2n) is 4.39. The van der Waals surface area contributed by atoms with E-state index in [0.29, 0.717) is 11.6 Å². The van der Waals surface area contributed by atoms with Gasteiger partial charge in [-0.25, -0.2) is 9.97 Å². The van der Waals surface area contributed by atoms with E-state index < -0.39 is 0 Å². The monoisotopic (exact) mass is 272 g/mol. The van der Waals surface area contributed by atoms with Crippen LogP contribution in [-0.2, 0) is 13.1 Å². The Balaban J connectivity index is 1.92. The SMILES string of the molecule is NCc1ccc(Cn2cnc3cc(Cl)cnc32)cc1. The minimum absolute atomic E-state index is 0.564. The van der Waals surface area contributed by atoms with Crippen molar-refractivity contribution in [1.29, 1.82) is 0 Å². The first kappa shape index (κ1) is 12.1. The van der Waals surface area contributed by atoms with Gasteiger partial charge < -0.3 is 10.3 Å². The number of hydrogen-bond donors (Lipinski definition) is 1. The molecule has 0 aliphatic carbocycles. The lowest BCUT2D eigenvalue weighted by molar-refractivity contribution is 0.813. The molecule has 5 heteroatoms. The Hall–Kier alpha value is -1.91. The van der Waals surface area contributed by atoms with Gasteiger partial charge in [-0.1, -0.05) is 35.9 Å². The molecule has 0 radical (unpaired) electrons. The third-order valence-corrected chi connectivity index (χ3v) is 3.24. The van der Waals surface area contributed by atoms with Crippen molar-refractivity contribution < 1.29 is 0 Å². The molecule has 3 rings (SSSR count). The lowest BCUT2D eigenvalue weighted by Gasteiger charge is -2.05. The van der Waals surface area contributed by atoms with E-state index in [4.69, 9.17) is 17.3 Å². The van der Waals surface area contributed by atoms with Crippen LogP contribution in [-0.4, -0.2) is 14.5 Å². The molecule has 1 aromatic carbocycles. The lowest BCUT2D eigenvalue weighted by Crippen LogP contribution is -2.00. The lowest BCUT2D eigenvalue weighted by atomic mass is 10.1. The highest BCUT2D eigenvalue weighted by atomic mass is 35.5. The van der Waals surface area contributed by atoms with Crippen LogP contribution in [0.2, 0.25) is 5.02 Å². The van der Waals surface area contributed by atoms with Crippen LogP contribution in [0.1, 0.15) is 11.1 Å².